The van der Waals surface area contributed by atoms with E-state index in [4.69, 9.17) is 5.11 Å². The minimum absolute atomic E-state index is 0.0359. The van der Waals surface area contributed by atoms with Crippen molar-refractivity contribution < 1.29 is 18.7 Å². The number of phenolic OH excluding ortho intramolecular Hbond substituents is 1. The summed E-state index contributed by atoms with van der Waals surface area (Å²) in [5.41, 5.74) is 0.550. The number of carbonyl (C=O) groups excluding carboxylic acids is 1. The minimum Gasteiger partial charge on any atom is -0.508 e. The van der Waals surface area contributed by atoms with Gasteiger partial charge in [-0.2, -0.15) is 0 Å². The molecule has 2 aromatic carbocycles. The molecule has 0 radical (unpaired) electrons. The molecule has 19 heavy (non-hydrogen) atoms. The van der Waals surface area contributed by atoms with E-state index < -0.39 is 17.5 Å². The van der Waals surface area contributed by atoms with Crippen molar-refractivity contribution in [3.05, 3.63) is 65.2 Å². The molecule has 0 spiro atoms. The van der Waals surface area contributed by atoms with Crippen LogP contribution < -0.4 is 5.32 Å². The first-order valence-corrected chi connectivity index (χ1v) is 5.57. The third-order valence-electron chi connectivity index (χ3n) is 2.58. The highest BCUT2D eigenvalue weighted by Crippen LogP contribution is 2.11. The van der Waals surface area contributed by atoms with E-state index in [-0.39, 0.29) is 17.9 Å². The molecule has 0 heterocycles. The number of rotatable bonds is 3. The Morgan fingerprint density at radius 1 is 1.11 bits per heavy atom. The lowest BCUT2D eigenvalue weighted by Crippen LogP contribution is -2.23. The van der Waals surface area contributed by atoms with Crippen LogP contribution in [0.4, 0.5) is 8.78 Å². The standard InChI is InChI=1S/C14H11F2NO2/c15-11-4-1-10(13(16)7-11)8-17-14(19)9-2-5-12(18)6-3-9/h1-7,18H,8H2,(H,17,19). The zero-order valence-electron chi connectivity index (χ0n) is 9.86. The first-order valence-electron chi connectivity index (χ1n) is 5.57. The molecular formula is C14H11F2NO2. The van der Waals surface area contributed by atoms with E-state index in [1.165, 1.54) is 30.3 Å². The number of benzene rings is 2. The highest BCUT2D eigenvalue weighted by molar-refractivity contribution is 5.94. The second-order valence-corrected chi connectivity index (χ2v) is 3.97. The minimum atomic E-state index is -0.703. The molecule has 2 rings (SSSR count). The summed E-state index contributed by atoms with van der Waals surface area (Å²) in [6.07, 6.45) is 0. The van der Waals surface area contributed by atoms with Gasteiger partial charge in [-0.1, -0.05) is 6.07 Å². The van der Waals surface area contributed by atoms with Crippen LogP contribution in [0.1, 0.15) is 15.9 Å². The van der Waals surface area contributed by atoms with Crippen LogP contribution in [0.25, 0.3) is 0 Å². The van der Waals surface area contributed by atoms with Gasteiger partial charge in [-0.15, -0.1) is 0 Å². The molecule has 0 aliphatic rings. The van der Waals surface area contributed by atoms with Crippen LogP contribution in [0.15, 0.2) is 42.5 Å². The third kappa shape index (κ3) is 3.28. The predicted molar refractivity (Wildman–Crippen MR) is 65.6 cm³/mol. The van der Waals surface area contributed by atoms with Gasteiger partial charge < -0.3 is 10.4 Å². The van der Waals surface area contributed by atoms with Crippen LogP contribution in [0, 0.1) is 11.6 Å². The fraction of sp³-hybridized carbons (Fsp3) is 0.0714. The Hall–Kier alpha value is -2.43. The molecule has 1 amide bonds. The van der Waals surface area contributed by atoms with Gasteiger partial charge in [0.05, 0.1) is 0 Å². The van der Waals surface area contributed by atoms with E-state index in [1.54, 1.807) is 0 Å². The number of phenols is 1. The lowest BCUT2D eigenvalue weighted by Gasteiger charge is -2.06. The quantitative estimate of drug-likeness (QED) is 0.894. The fourth-order valence-electron chi connectivity index (χ4n) is 1.56. The van der Waals surface area contributed by atoms with Crippen LogP contribution >= 0.6 is 0 Å². The first kappa shape index (κ1) is 13.0. The predicted octanol–water partition coefficient (Wildman–Crippen LogP) is 2.60. The van der Waals surface area contributed by atoms with E-state index >= 15 is 0 Å². The van der Waals surface area contributed by atoms with Crippen molar-refractivity contribution in [1.29, 1.82) is 0 Å². The van der Waals surface area contributed by atoms with Gasteiger partial charge in [0.2, 0.25) is 0 Å². The Kier molecular flexibility index (Phi) is 3.75. The molecule has 0 saturated carbocycles. The summed E-state index contributed by atoms with van der Waals surface area (Å²) in [4.78, 5) is 11.7. The highest BCUT2D eigenvalue weighted by atomic mass is 19.1. The summed E-state index contributed by atoms with van der Waals surface area (Å²) in [5, 5.41) is 11.6. The Bertz CT molecular complexity index is 597. The maximum absolute atomic E-state index is 13.3. The molecule has 0 aliphatic carbocycles. The number of carbonyl (C=O) groups is 1. The van der Waals surface area contributed by atoms with Gasteiger partial charge in [0.15, 0.2) is 0 Å². The van der Waals surface area contributed by atoms with Gasteiger partial charge in [0, 0.05) is 23.7 Å². The molecule has 0 fully saturated rings. The van der Waals surface area contributed by atoms with Gasteiger partial charge in [0.25, 0.3) is 5.91 Å². The van der Waals surface area contributed by atoms with Gasteiger partial charge in [-0.25, -0.2) is 8.78 Å². The fourth-order valence-corrected chi connectivity index (χ4v) is 1.56. The first-order chi connectivity index (χ1) is 9.06. The molecule has 0 aliphatic heterocycles. The lowest BCUT2D eigenvalue weighted by molar-refractivity contribution is 0.0950. The number of amides is 1. The number of nitrogens with one attached hydrogen (secondary N) is 1. The van der Waals surface area contributed by atoms with E-state index in [9.17, 15) is 13.6 Å². The Morgan fingerprint density at radius 3 is 2.42 bits per heavy atom. The Morgan fingerprint density at radius 2 is 1.79 bits per heavy atom. The molecule has 98 valence electrons. The Labute approximate surface area is 108 Å². The van der Waals surface area contributed by atoms with Gasteiger partial charge >= 0.3 is 0 Å². The molecule has 3 nitrogen and oxygen atoms in total. The average Bonchev–Trinajstić information content (AvgIpc) is 2.38. The van der Waals surface area contributed by atoms with Gasteiger partial charge in [0.1, 0.15) is 17.4 Å². The average molecular weight is 263 g/mol. The second kappa shape index (κ2) is 5.48. The van der Waals surface area contributed by atoms with Crippen LogP contribution in [0.5, 0.6) is 5.75 Å². The van der Waals surface area contributed by atoms with Crippen molar-refractivity contribution >= 4 is 5.91 Å². The van der Waals surface area contributed by atoms with Gasteiger partial charge in [-0.05, 0) is 30.3 Å². The summed E-state index contributed by atoms with van der Waals surface area (Å²) in [5.74, 6) is -1.71. The zero-order chi connectivity index (χ0) is 13.8. The van der Waals surface area contributed by atoms with Crippen molar-refractivity contribution in [3.63, 3.8) is 0 Å². The summed E-state index contributed by atoms with van der Waals surface area (Å²) in [6, 6.07) is 8.84. The third-order valence-corrected chi connectivity index (χ3v) is 2.58. The number of hydrogen-bond acceptors (Lipinski definition) is 2. The topological polar surface area (TPSA) is 49.3 Å². The van der Waals surface area contributed by atoms with Crippen molar-refractivity contribution in [3.8, 4) is 5.75 Å². The SMILES string of the molecule is O=C(NCc1ccc(F)cc1F)c1ccc(O)cc1. The number of halogens is 2. The molecule has 2 aromatic rings. The second-order valence-electron chi connectivity index (χ2n) is 3.97. The molecule has 0 aromatic heterocycles. The molecule has 0 saturated heterocycles. The maximum Gasteiger partial charge on any atom is 0.251 e. The monoisotopic (exact) mass is 263 g/mol. The summed E-state index contributed by atoms with van der Waals surface area (Å²) in [6.45, 7) is -0.0359. The van der Waals surface area contributed by atoms with Crippen LogP contribution in [0.2, 0.25) is 0 Å². The summed E-state index contributed by atoms with van der Waals surface area (Å²) in [7, 11) is 0. The normalized spacial score (nSPS) is 10.2. The lowest BCUT2D eigenvalue weighted by atomic mass is 10.1. The number of aromatic hydroxyl groups is 1. The molecule has 0 unspecified atom stereocenters. The largest absolute Gasteiger partial charge is 0.508 e. The van der Waals surface area contributed by atoms with Crippen molar-refractivity contribution in [2.75, 3.05) is 0 Å². The van der Waals surface area contributed by atoms with Crippen molar-refractivity contribution in [1.82, 2.24) is 5.32 Å². The smallest absolute Gasteiger partial charge is 0.251 e. The van der Waals surface area contributed by atoms with Crippen molar-refractivity contribution in [2.24, 2.45) is 0 Å². The zero-order valence-corrected chi connectivity index (χ0v) is 9.86. The molecule has 0 atom stereocenters. The summed E-state index contributed by atoms with van der Waals surface area (Å²) < 4.78 is 26.0. The molecular weight excluding hydrogens is 252 g/mol. The van der Waals surface area contributed by atoms with E-state index in [2.05, 4.69) is 5.32 Å². The molecule has 0 bridgehead atoms. The maximum atomic E-state index is 13.3. The van der Waals surface area contributed by atoms with E-state index in [0.29, 0.717) is 5.56 Å². The molecule has 5 heteroatoms. The van der Waals surface area contributed by atoms with E-state index in [1.807, 2.05) is 0 Å². The molecule has 2 N–H and O–H groups in total. The van der Waals surface area contributed by atoms with Gasteiger partial charge in [-0.3, -0.25) is 4.79 Å². The van der Waals surface area contributed by atoms with Crippen LogP contribution in [0.3, 0.4) is 0 Å². The number of hydrogen-bond donors (Lipinski definition) is 2. The van der Waals surface area contributed by atoms with Crippen molar-refractivity contribution in [2.45, 2.75) is 6.54 Å². The van der Waals surface area contributed by atoms with E-state index in [0.717, 1.165) is 12.1 Å². The van der Waals surface area contributed by atoms with Crippen LogP contribution in [-0.4, -0.2) is 11.0 Å². The Balaban J connectivity index is 2.02. The van der Waals surface area contributed by atoms with Crippen LogP contribution in [-0.2, 0) is 6.54 Å². The highest BCUT2D eigenvalue weighted by Gasteiger charge is 2.08. The summed E-state index contributed by atoms with van der Waals surface area (Å²) >= 11 is 0.